The van der Waals surface area contributed by atoms with Gasteiger partial charge in [-0.15, -0.1) is 0 Å². The lowest BCUT2D eigenvalue weighted by atomic mass is 9.86. The van der Waals surface area contributed by atoms with E-state index < -0.39 is 15.4 Å². The monoisotopic (exact) mass is 673 g/mol. The molecule has 0 saturated heterocycles. The van der Waals surface area contributed by atoms with E-state index in [1.165, 1.54) is 30.7 Å². The molecule has 47 heavy (non-hydrogen) atoms. The van der Waals surface area contributed by atoms with Gasteiger partial charge in [0.05, 0.1) is 22.6 Å². The molecule has 2 N–H and O–H groups in total. The van der Waals surface area contributed by atoms with Gasteiger partial charge in [0, 0.05) is 30.2 Å². The van der Waals surface area contributed by atoms with E-state index >= 15 is 0 Å². The number of nitrogens with zero attached hydrogens (tertiary/aromatic N) is 3. The molecule has 12 heteroatoms. The molecule has 0 amide bonds. The molecule has 242 valence electrons. The van der Waals surface area contributed by atoms with Gasteiger partial charge in [-0.05, 0) is 91.2 Å². The van der Waals surface area contributed by atoms with Gasteiger partial charge in [0.25, 0.3) is 0 Å². The van der Waals surface area contributed by atoms with Gasteiger partial charge in [0.1, 0.15) is 35.9 Å². The lowest BCUT2D eigenvalue weighted by molar-refractivity contribution is 0.0306. The van der Waals surface area contributed by atoms with Crippen molar-refractivity contribution < 1.29 is 22.3 Å². The summed E-state index contributed by atoms with van der Waals surface area (Å²) in [4.78, 5) is 12.9. The maximum Gasteiger partial charge on any atom is 0.196 e. The van der Waals surface area contributed by atoms with E-state index in [1.54, 1.807) is 42.7 Å². The van der Waals surface area contributed by atoms with Crippen LogP contribution in [-0.2, 0) is 26.8 Å². The topological polar surface area (TPSA) is 115 Å². The van der Waals surface area contributed by atoms with Crippen LogP contribution < -0.4 is 15.4 Å². The van der Waals surface area contributed by atoms with E-state index in [2.05, 4.69) is 31.7 Å². The SMILES string of the molecule is O=S(=O)(CCNCCCC1(c2ccc3ncnc(Nc4ccc(OCc5cccc(F)c5)c(Cl)c4)c3c2)CC=CO1)c1ccccn1. The normalized spacial score (nSPS) is 15.9. The maximum atomic E-state index is 13.5. The van der Waals surface area contributed by atoms with Gasteiger partial charge in [0.2, 0.25) is 0 Å². The molecule has 9 nitrogen and oxygen atoms in total. The molecule has 1 aliphatic heterocycles. The number of fused-ring (bicyclic) bond motifs is 1. The number of pyridine rings is 1. The fourth-order valence-electron chi connectivity index (χ4n) is 5.48. The van der Waals surface area contributed by atoms with Gasteiger partial charge in [0.15, 0.2) is 14.9 Å². The third-order valence-electron chi connectivity index (χ3n) is 7.91. The van der Waals surface area contributed by atoms with Crippen LogP contribution in [-0.4, -0.2) is 42.2 Å². The van der Waals surface area contributed by atoms with E-state index in [0.29, 0.717) is 53.8 Å². The number of halogens is 2. The molecule has 1 unspecified atom stereocenters. The predicted octanol–water partition coefficient (Wildman–Crippen LogP) is 7.11. The first-order chi connectivity index (χ1) is 22.8. The van der Waals surface area contributed by atoms with Crippen LogP contribution in [0.3, 0.4) is 0 Å². The number of aromatic nitrogens is 3. The summed E-state index contributed by atoms with van der Waals surface area (Å²) in [6.07, 6.45) is 8.92. The first-order valence-corrected chi connectivity index (χ1v) is 17.2. The molecule has 1 atom stereocenters. The Morgan fingerprint density at radius 2 is 1.89 bits per heavy atom. The predicted molar refractivity (Wildman–Crippen MR) is 180 cm³/mol. The van der Waals surface area contributed by atoms with Crippen LogP contribution >= 0.6 is 11.6 Å². The molecule has 0 spiro atoms. The first-order valence-electron chi connectivity index (χ1n) is 15.2. The summed E-state index contributed by atoms with van der Waals surface area (Å²) in [5.41, 5.74) is 2.61. The zero-order valence-electron chi connectivity index (χ0n) is 25.4. The minimum absolute atomic E-state index is 0.0243. The number of hydrogen-bond acceptors (Lipinski definition) is 9. The van der Waals surface area contributed by atoms with Crippen molar-refractivity contribution in [1.29, 1.82) is 0 Å². The van der Waals surface area contributed by atoms with E-state index in [9.17, 15) is 12.8 Å². The van der Waals surface area contributed by atoms with Crippen LogP contribution in [0.2, 0.25) is 5.02 Å². The highest BCUT2D eigenvalue weighted by Crippen LogP contribution is 2.40. The Hall–Kier alpha value is -4.58. The van der Waals surface area contributed by atoms with Crippen molar-refractivity contribution in [2.24, 2.45) is 0 Å². The van der Waals surface area contributed by atoms with Crippen molar-refractivity contribution in [3.63, 3.8) is 0 Å². The quantitative estimate of drug-likeness (QED) is 0.119. The standard InChI is InChI=1S/C35H33ClFN5O4S/c36-30-22-28(10-12-32(30)45-23-25-6-3-7-27(37)20-25)42-34-29-21-26(9-11-31(29)40-24-41-34)35(14-5-18-46-35)13-4-15-38-17-19-47(43,44)33-8-1-2-16-39-33/h1-3,5-12,16,18,20-22,24,38H,4,13-15,17,19,23H2,(H,40,41,42). The Kier molecular flexibility index (Phi) is 9.95. The zero-order valence-corrected chi connectivity index (χ0v) is 27.0. The lowest BCUT2D eigenvalue weighted by Gasteiger charge is -2.30. The number of benzene rings is 3. The minimum atomic E-state index is -3.44. The third kappa shape index (κ3) is 7.87. The molecular formula is C35H33ClFN5O4S. The van der Waals surface area contributed by atoms with Crippen LogP contribution in [0.4, 0.5) is 15.9 Å². The summed E-state index contributed by atoms with van der Waals surface area (Å²) < 4.78 is 50.6. The van der Waals surface area contributed by atoms with Gasteiger partial charge in [-0.25, -0.2) is 27.8 Å². The summed E-state index contributed by atoms with van der Waals surface area (Å²) in [6.45, 7) is 1.15. The first kappa shape index (κ1) is 32.4. The van der Waals surface area contributed by atoms with Crippen LogP contribution in [0.25, 0.3) is 10.9 Å². The van der Waals surface area contributed by atoms with Gasteiger partial charge in [-0.2, -0.15) is 0 Å². The number of nitrogens with one attached hydrogen (secondary N) is 2. The Morgan fingerprint density at radius 1 is 0.979 bits per heavy atom. The van der Waals surface area contributed by atoms with Crippen LogP contribution in [0.1, 0.15) is 30.4 Å². The summed E-state index contributed by atoms with van der Waals surface area (Å²) in [5, 5.41) is 7.92. The van der Waals surface area contributed by atoms with Crippen molar-refractivity contribution in [3.8, 4) is 5.75 Å². The number of ether oxygens (including phenoxy) is 2. The molecule has 3 heterocycles. The molecule has 0 radical (unpaired) electrons. The molecule has 6 rings (SSSR count). The molecule has 0 aliphatic carbocycles. The molecule has 2 aromatic heterocycles. The summed E-state index contributed by atoms with van der Waals surface area (Å²) in [7, 11) is -3.44. The molecule has 0 fully saturated rings. The van der Waals surface area contributed by atoms with Crippen molar-refractivity contribution in [2.75, 3.05) is 24.2 Å². The number of anilines is 2. The van der Waals surface area contributed by atoms with E-state index in [4.69, 9.17) is 21.1 Å². The molecule has 0 bridgehead atoms. The Bertz CT molecular complexity index is 1990. The van der Waals surface area contributed by atoms with Gasteiger partial charge >= 0.3 is 0 Å². The summed E-state index contributed by atoms with van der Waals surface area (Å²) >= 11 is 6.54. The van der Waals surface area contributed by atoms with Crippen LogP contribution in [0.5, 0.6) is 5.75 Å². The molecular weight excluding hydrogens is 641 g/mol. The Morgan fingerprint density at radius 3 is 2.68 bits per heavy atom. The smallest absolute Gasteiger partial charge is 0.196 e. The van der Waals surface area contributed by atoms with Crippen molar-refractivity contribution in [2.45, 2.75) is 36.5 Å². The van der Waals surface area contributed by atoms with Gasteiger partial charge in [-0.1, -0.05) is 35.9 Å². The number of sulfone groups is 1. The molecule has 3 aromatic carbocycles. The van der Waals surface area contributed by atoms with Crippen LogP contribution in [0, 0.1) is 5.82 Å². The number of rotatable bonds is 14. The summed E-state index contributed by atoms with van der Waals surface area (Å²) in [6, 6.07) is 22.5. The fourth-order valence-corrected chi connectivity index (χ4v) is 6.85. The Labute approximate surface area is 277 Å². The van der Waals surface area contributed by atoms with E-state index in [0.717, 1.165) is 22.9 Å². The van der Waals surface area contributed by atoms with E-state index in [1.807, 2.05) is 24.3 Å². The molecule has 0 saturated carbocycles. The zero-order chi connectivity index (χ0) is 32.7. The second-order valence-electron chi connectivity index (χ2n) is 11.2. The van der Waals surface area contributed by atoms with Gasteiger partial charge < -0.3 is 20.1 Å². The molecule has 1 aliphatic rings. The van der Waals surface area contributed by atoms with E-state index in [-0.39, 0.29) is 23.2 Å². The van der Waals surface area contributed by atoms with Gasteiger partial charge in [-0.3, -0.25) is 0 Å². The average Bonchev–Trinajstić information content (AvgIpc) is 3.56. The minimum Gasteiger partial charge on any atom is -0.490 e. The fraction of sp³-hybridized carbons (Fsp3) is 0.229. The highest BCUT2D eigenvalue weighted by Gasteiger charge is 2.35. The van der Waals surface area contributed by atoms with Crippen molar-refractivity contribution >= 4 is 43.8 Å². The lowest BCUT2D eigenvalue weighted by Crippen LogP contribution is -2.28. The Balaban J connectivity index is 1.10. The highest BCUT2D eigenvalue weighted by atomic mass is 35.5. The van der Waals surface area contributed by atoms with Crippen molar-refractivity contribution in [1.82, 2.24) is 20.3 Å². The largest absolute Gasteiger partial charge is 0.490 e. The second-order valence-corrected chi connectivity index (χ2v) is 13.6. The van der Waals surface area contributed by atoms with Crippen molar-refractivity contribution in [3.05, 3.63) is 126 Å². The maximum absolute atomic E-state index is 13.5. The highest BCUT2D eigenvalue weighted by molar-refractivity contribution is 7.91. The van der Waals surface area contributed by atoms with Crippen LogP contribution in [0.15, 0.2) is 109 Å². The average molecular weight is 674 g/mol. The summed E-state index contributed by atoms with van der Waals surface area (Å²) in [5.74, 6) is 0.744. The molecule has 5 aromatic rings. The number of hydrogen-bond donors (Lipinski definition) is 2. The second kappa shape index (κ2) is 14.5. The third-order valence-corrected chi connectivity index (χ3v) is 9.83.